The van der Waals surface area contributed by atoms with Crippen molar-refractivity contribution in [2.24, 2.45) is 0 Å². The van der Waals surface area contributed by atoms with Crippen LogP contribution in [0.3, 0.4) is 0 Å². The van der Waals surface area contributed by atoms with E-state index in [4.69, 9.17) is 18.9 Å². The zero-order valence-electron chi connectivity index (χ0n) is 19.1. The molecule has 0 spiro atoms. The number of carbonyl (C=O) groups is 2. The van der Waals surface area contributed by atoms with Crippen molar-refractivity contribution in [1.29, 1.82) is 0 Å². The van der Waals surface area contributed by atoms with Crippen LogP contribution in [0.1, 0.15) is 26.3 Å². The number of nitrogens with one attached hydrogen (secondary N) is 1. The smallest absolute Gasteiger partial charge is 0.278 e. The fourth-order valence-electron chi connectivity index (χ4n) is 3.58. The van der Waals surface area contributed by atoms with E-state index in [1.165, 1.54) is 26.2 Å². The van der Waals surface area contributed by atoms with Gasteiger partial charge in [0.2, 0.25) is 5.75 Å². The third-order valence-corrected chi connectivity index (χ3v) is 5.02. The molecule has 0 saturated carbocycles. The fourth-order valence-corrected chi connectivity index (χ4v) is 3.58. The van der Waals surface area contributed by atoms with Crippen LogP contribution in [0.15, 0.2) is 42.1 Å². The van der Waals surface area contributed by atoms with Crippen molar-refractivity contribution in [3.8, 4) is 23.0 Å². The highest BCUT2D eigenvalue weighted by molar-refractivity contribution is 6.36. The number of carbonyl (C=O) groups excluding carboxylic acids is 2. The van der Waals surface area contributed by atoms with Crippen molar-refractivity contribution in [2.45, 2.75) is 26.8 Å². The predicted molar refractivity (Wildman–Crippen MR) is 121 cm³/mol. The van der Waals surface area contributed by atoms with Crippen molar-refractivity contribution >= 4 is 23.1 Å². The molecule has 170 valence electrons. The average molecular weight is 440 g/mol. The third kappa shape index (κ3) is 4.21. The Balaban J connectivity index is 2.10. The molecule has 0 unspecified atom stereocenters. The van der Waals surface area contributed by atoms with E-state index in [9.17, 15) is 9.59 Å². The second kappa shape index (κ2) is 9.64. The molecular weight excluding hydrogens is 412 g/mol. The van der Waals surface area contributed by atoms with Gasteiger partial charge in [-0.2, -0.15) is 0 Å². The van der Waals surface area contributed by atoms with Gasteiger partial charge < -0.3 is 24.3 Å². The number of nitrogens with zero attached hydrogens (tertiary/aromatic N) is 1. The molecule has 1 N–H and O–H groups in total. The Bertz CT molecular complexity index is 1020. The van der Waals surface area contributed by atoms with Gasteiger partial charge in [0.05, 0.1) is 33.5 Å². The lowest BCUT2D eigenvalue weighted by molar-refractivity contribution is -0.138. The van der Waals surface area contributed by atoms with E-state index in [2.05, 4.69) is 5.32 Å². The largest absolute Gasteiger partial charge is 0.494 e. The van der Waals surface area contributed by atoms with Gasteiger partial charge in [-0.05, 0) is 38.5 Å². The van der Waals surface area contributed by atoms with E-state index < -0.39 is 5.91 Å². The van der Waals surface area contributed by atoms with Crippen molar-refractivity contribution in [2.75, 3.05) is 33.3 Å². The van der Waals surface area contributed by atoms with Gasteiger partial charge in [-0.25, -0.2) is 0 Å². The lowest BCUT2D eigenvalue weighted by Crippen LogP contribution is -2.38. The monoisotopic (exact) mass is 440 g/mol. The van der Waals surface area contributed by atoms with Crippen LogP contribution in [0.4, 0.5) is 5.69 Å². The molecule has 2 aromatic rings. The molecule has 32 heavy (non-hydrogen) atoms. The molecule has 8 nitrogen and oxygen atoms in total. The third-order valence-electron chi connectivity index (χ3n) is 5.02. The minimum atomic E-state index is -0.400. The number of hydrogen-bond acceptors (Lipinski definition) is 7. The summed E-state index contributed by atoms with van der Waals surface area (Å²) in [5, 5.41) is 3.12. The number of amides is 2. The van der Waals surface area contributed by atoms with Crippen molar-refractivity contribution < 1.29 is 28.5 Å². The number of rotatable bonds is 9. The number of ether oxygens (including phenoxy) is 4. The summed E-state index contributed by atoms with van der Waals surface area (Å²) in [5.41, 5.74) is 1.61. The van der Waals surface area contributed by atoms with Gasteiger partial charge in [0.1, 0.15) is 11.4 Å². The zero-order chi connectivity index (χ0) is 23.4. The quantitative estimate of drug-likeness (QED) is 0.595. The van der Waals surface area contributed by atoms with Crippen LogP contribution in [-0.2, 0) is 9.59 Å². The Morgan fingerprint density at radius 3 is 1.97 bits per heavy atom. The number of imide groups is 1. The Kier molecular flexibility index (Phi) is 6.92. The van der Waals surface area contributed by atoms with Crippen LogP contribution < -0.4 is 24.3 Å². The fraction of sp³-hybridized carbons (Fsp3) is 0.333. The molecule has 0 bridgehead atoms. The first-order chi connectivity index (χ1) is 15.4. The summed E-state index contributed by atoms with van der Waals surface area (Å²) in [6.45, 7) is 6.03. The molecule has 1 aliphatic heterocycles. The lowest BCUT2D eigenvalue weighted by Gasteiger charge is -2.19. The summed E-state index contributed by atoms with van der Waals surface area (Å²) < 4.78 is 21.7. The summed E-state index contributed by atoms with van der Waals surface area (Å²) in [6.07, 6.45) is 0. The van der Waals surface area contributed by atoms with Gasteiger partial charge in [-0.15, -0.1) is 0 Å². The maximum atomic E-state index is 13.2. The topological polar surface area (TPSA) is 86.3 Å². The van der Waals surface area contributed by atoms with Crippen molar-refractivity contribution in [3.05, 3.63) is 47.7 Å². The zero-order valence-corrected chi connectivity index (χ0v) is 19.1. The molecule has 1 aliphatic rings. The first kappa shape index (κ1) is 23.0. The lowest BCUT2D eigenvalue weighted by atomic mass is 10.0. The van der Waals surface area contributed by atoms with Gasteiger partial charge in [-0.1, -0.05) is 12.1 Å². The summed E-state index contributed by atoms with van der Waals surface area (Å²) in [5.74, 6) is 1.21. The average Bonchev–Trinajstić information content (AvgIpc) is 3.03. The first-order valence-corrected chi connectivity index (χ1v) is 10.3. The van der Waals surface area contributed by atoms with E-state index in [1.54, 1.807) is 50.2 Å². The SMILES string of the molecule is CCOc1ccc(C2=C(Nc3cc(OC)c(OC)c(OC)c3)C(=O)N(C(C)C)C2=O)cc1. The molecule has 2 aromatic carbocycles. The normalized spacial score (nSPS) is 13.7. The molecule has 8 heteroatoms. The predicted octanol–water partition coefficient (Wildman–Crippen LogP) is 3.71. The number of methoxy groups -OCH3 is 3. The Morgan fingerprint density at radius 2 is 1.50 bits per heavy atom. The molecule has 3 rings (SSSR count). The van der Waals surface area contributed by atoms with Gasteiger partial charge in [0.15, 0.2) is 11.5 Å². The maximum Gasteiger partial charge on any atom is 0.278 e. The summed E-state index contributed by atoms with van der Waals surface area (Å²) in [6, 6.07) is 10.2. The van der Waals surface area contributed by atoms with Crippen molar-refractivity contribution in [3.63, 3.8) is 0 Å². The van der Waals surface area contributed by atoms with Gasteiger partial charge in [0.25, 0.3) is 11.8 Å². The molecule has 0 fully saturated rings. The second-order valence-electron chi connectivity index (χ2n) is 7.32. The Morgan fingerprint density at radius 1 is 0.906 bits per heavy atom. The molecular formula is C24H28N2O6. The van der Waals surface area contributed by atoms with Crippen LogP contribution in [0.2, 0.25) is 0 Å². The van der Waals surface area contributed by atoms with E-state index in [-0.39, 0.29) is 17.6 Å². The highest BCUT2D eigenvalue weighted by Gasteiger charge is 2.40. The van der Waals surface area contributed by atoms with Crippen LogP contribution in [0, 0.1) is 0 Å². The summed E-state index contributed by atoms with van der Waals surface area (Å²) >= 11 is 0. The molecule has 0 aromatic heterocycles. The Hall–Kier alpha value is -3.68. The van der Waals surface area contributed by atoms with E-state index in [1.807, 2.05) is 6.92 Å². The van der Waals surface area contributed by atoms with Crippen LogP contribution in [0.25, 0.3) is 5.57 Å². The molecule has 2 amide bonds. The van der Waals surface area contributed by atoms with Crippen molar-refractivity contribution in [1.82, 2.24) is 4.90 Å². The molecule has 0 atom stereocenters. The highest BCUT2D eigenvalue weighted by Crippen LogP contribution is 2.41. The molecule has 0 aliphatic carbocycles. The van der Waals surface area contributed by atoms with E-state index in [0.29, 0.717) is 46.4 Å². The molecule has 1 heterocycles. The van der Waals surface area contributed by atoms with Gasteiger partial charge in [-0.3, -0.25) is 14.5 Å². The van der Waals surface area contributed by atoms with Crippen LogP contribution in [-0.4, -0.2) is 50.7 Å². The van der Waals surface area contributed by atoms with E-state index in [0.717, 1.165) is 0 Å². The molecule has 0 saturated heterocycles. The Labute approximate surface area is 187 Å². The number of hydrogen-bond donors (Lipinski definition) is 1. The highest BCUT2D eigenvalue weighted by atomic mass is 16.5. The standard InChI is InChI=1S/C24H28N2O6/c1-7-32-17-10-8-15(9-11-17)20-21(24(28)26(14(2)3)23(20)27)25-16-12-18(29-4)22(31-6)19(13-16)30-5/h8-14,25H,7H2,1-6H3. The van der Waals surface area contributed by atoms with E-state index >= 15 is 0 Å². The van der Waals surface area contributed by atoms with Crippen LogP contribution in [0.5, 0.6) is 23.0 Å². The summed E-state index contributed by atoms with van der Waals surface area (Å²) in [7, 11) is 4.53. The van der Waals surface area contributed by atoms with Crippen LogP contribution >= 0.6 is 0 Å². The van der Waals surface area contributed by atoms with Gasteiger partial charge in [0, 0.05) is 23.9 Å². The number of anilines is 1. The maximum absolute atomic E-state index is 13.2. The first-order valence-electron chi connectivity index (χ1n) is 10.3. The second-order valence-corrected chi connectivity index (χ2v) is 7.32. The minimum absolute atomic E-state index is 0.183. The van der Waals surface area contributed by atoms with Gasteiger partial charge >= 0.3 is 0 Å². The summed E-state index contributed by atoms with van der Waals surface area (Å²) in [4.78, 5) is 27.7. The minimum Gasteiger partial charge on any atom is -0.494 e. The molecule has 0 radical (unpaired) electrons. The number of benzene rings is 2.